The van der Waals surface area contributed by atoms with Gasteiger partial charge in [0.05, 0.1) is 6.61 Å². The van der Waals surface area contributed by atoms with E-state index in [1.807, 2.05) is 0 Å². The van der Waals surface area contributed by atoms with E-state index in [1.54, 1.807) is 0 Å². The van der Waals surface area contributed by atoms with E-state index in [-0.39, 0.29) is 15.6 Å². The average Bonchev–Trinajstić information content (AvgIpc) is 2.27. The molecule has 0 aromatic heterocycles. The van der Waals surface area contributed by atoms with E-state index >= 15 is 0 Å². The Balaban J connectivity index is 1.75. The minimum atomic E-state index is -0.896. The molecule has 0 aromatic rings. The van der Waals surface area contributed by atoms with Gasteiger partial charge in [-0.3, -0.25) is 0 Å². The molecule has 0 atom stereocenters. The second kappa shape index (κ2) is 4.78. The summed E-state index contributed by atoms with van der Waals surface area (Å²) in [5.74, 6) is -0.896. The van der Waals surface area contributed by atoms with Gasteiger partial charge in [0.15, 0.2) is 0 Å². The Morgan fingerprint density at radius 3 is 2.56 bits per heavy atom. The van der Waals surface area contributed by atoms with Crippen molar-refractivity contribution in [2.45, 2.75) is 35.7 Å². The van der Waals surface area contributed by atoms with Crippen LogP contribution in [0.15, 0.2) is 0 Å². The molecule has 3 rings (SSSR count). The van der Waals surface area contributed by atoms with E-state index in [2.05, 4.69) is 22.6 Å². The van der Waals surface area contributed by atoms with Crippen LogP contribution >= 0.6 is 22.6 Å². The summed E-state index contributed by atoms with van der Waals surface area (Å²) in [6, 6.07) is 0. The lowest BCUT2D eigenvalue weighted by Gasteiger charge is -2.50. The van der Waals surface area contributed by atoms with Crippen LogP contribution in [-0.4, -0.2) is 34.5 Å². The molecule has 0 aromatic carbocycles. The number of ether oxygens (including phenoxy) is 2. The Bertz CT molecular complexity index is 255. The highest BCUT2D eigenvalue weighted by molar-refractivity contribution is 14.1. The van der Waals surface area contributed by atoms with Crippen molar-refractivity contribution in [3.63, 3.8) is 0 Å². The Labute approximate surface area is 109 Å². The molecule has 1 aliphatic carbocycles. The van der Waals surface area contributed by atoms with E-state index in [1.165, 1.54) is 12.8 Å². The molecule has 4 nitrogen and oxygen atoms in total. The second-order valence-corrected chi connectivity index (χ2v) is 6.83. The molecule has 0 amide bonds. The van der Waals surface area contributed by atoms with Crippen LogP contribution in [0.3, 0.4) is 0 Å². The van der Waals surface area contributed by atoms with Crippen molar-refractivity contribution in [1.29, 1.82) is 0 Å². The molecule has 2 heterocycles. The first-order valence-corrected chi connectivity index (χ1v) is 6.74. The largest absolute Gasteiger partial charge is 0.480 e. The molecule has 16 heavy (non-hydrogen) atoms. The Hall–Kier alpha value is 0.120. The van der Waals surface area contributed by atoms with Crippen molar-refractivity contribution in [2.75, 3.05) is 19.8 Å². The average molecular weight is 340 g/mol. The van der Waals surface area contributed by atoms with Gasteiger partial charge in [-0.2, -0.15) is 0 Å². The van der Waals surface area contributed by atoms with Crippen molar-refractivity contribution >= 4 is 28.6 Å². The van der Waals surface area contributed by atoms with E-state index in [0.29, 0.717) is 6.61 Å². The minimum Gasteiger partial charge on any atom is -0.480 e. The van der Waals surface area contributed by atoms with E-state index < -0.39 is 5.97 Å². The molecular weight excluding hydrogens is 323 g/mol. The van der Waals surface area contributed by atoms with Gasteiger partial charge in [0, 0.05) is 6.61 Å². The molecular formula is C11H17IO4. The first-order chi connectivity index (χ1) is 7.54. The maximum Gasteiger partial charge on any atom is 0.329 e. The maximum atomic E-state index is 10.3. The van der Waals surface area contributed by atoms with Crippen LogP contribution < -0.4 is 0 Å². The Morgan fingerprint density at radius 2 is 2.06 bits per heavy atom. The third-order valence-corrected chi connectivity index (χ3v) is 5.09. The smallest absolute Gasteiger partial charge is 0.329 e. The lowest BCUT2D eigenvalue weighted by molar-refractivity contribution is -0.146. The van der Waals surface area contributed by atoms with Gasteiger partial charge in [0.25, 0.3) is 0 Å². The molecule has 0 radical (unpaired) electrons. The Kier molecular flexibility index (Phi) is 3.75. The van der Waals surface area contributed by atoms with Crippen LogP contribution in [0.2, 0.25) is 0 Å². The van der Waals surface area contributed by atoms with Crippen molar-refractivity contribution in [2.24, 2.45) is 5.41 Å². The van der Waals surface area contributed by atoms with Gasteiger partial charge in [-0.1, -0.05) is 0 Å². The predicted molar refractivity (Wildman–Crippen MR) is 66.7 cm³/mol. The summed E-state index contributed by atoms with van der Waals surface area (Å²) < 4.78 is 11.1. The highest BCUT2D eigenvalue weighted by Crippen LogP contribution is 2.53. The molecule has 1 N–H and O–H groups in total. The lowest BCUT2D eigenvalue weighted by atomic mass is 9.69. The lowest BCUT2D eigenvalue weighted by Crippen LogP contribution is -2.48. The van der Waals surface area contributed by atoms with Crippen LogP contribution in [0, 0.1) is 5.41 Å². The standard InChI is InChI=1S/C11H17IO4/c12-11-3-1-10(2-4-11,8-16-11)5-6-15-7-9(13)14/h1-8H2,(H,13,14). The highest BCUT2D eigenvalue weighted by Gasteiger charge is 2.47. The van der Waals surface area contributed by atoms with E-state index in [4.69, 9.17) is 14.6 Å². The van der Waals surface area contributed by atoms with Crippen molar-refractivity contribution < 1.29 is 19.4 Å². The third-order valence-electron chi connectivity index (χ3n) is 3.70. The van der Waals surface area contributed by atoms with E-state index in [9.17, 15) is 4.79 Å². The first kappa shape index (κ1) is 12.6. The van der Waals surface area contributed by atoms with Gasteiger partial charge in [-0.25, -0.2) is 4.79 Å². The first-order valence-electron chi connectivity index (χ1n) is 5.66. The second-order valence-electron chi connectivity index (χ2n) is 4.87. The summed E-state index contributed by atoms with van der Waals surface area (Å²) in [6.07, 6.45) is 5.53. The van der Waals surface area contributed by atoms with Crippen molar-refractivity contribution in [3.8, 4) is 0 Å². The topological polar surface area (TPSA) is 55.8 Å². The van der Waals surface area contributed by atoms with Crippen LogP contribution in [0.5, 0.6) is 0 Å². The quantitative estimate of drug-likeness (QED) is 0.474. The number of fused-ring (bicyclic) bond motifs is 3. The van der Waals surface area contributed by atoms with Crippen LogP contribution in [0.4, 0.5) is 0 Å². The van der Waals surface area contributed by atoms with Crippen LogP contribution in [-0.2, 0) is 14.3 Å². The maximum absolute atomic E-state index is 10.3. The normalized spacial score (nSPS) is 37.6. The fourth-order valence-electron chi connectivity index (χ4n) is 2.50. The minimum absolute atomic E-state index is 0.0848. The van der Waals surface area contributed by atoms with Gasteiger partial charge < -0.3 is 14.6 Å². The number of carboxylic acids is 1. The van der Waals surface area contributed by atoms with Crippen LogP contribution in [0.25, 0.3) is 0 Å². The number of rotatable bonds is 5. The number of hydrogen-bond donors (Lipinski definition) is 1. The third kappa shape index (κ3) is 2.87. The summed E-state index contributed by atoms with van der Waals surface area (Å²) in [7, 11) is 0. The number of carboxylic acid groups (broad SMARTS) is 1. The SMILES string of the molecule is O=C(O)COCCC12CCC(I)(CC1)OC2. The molecule has 3 aliphatic rings. The zero-order valence-electron chi connectivity index (χ0n) is 9.21. The zero-order chi connectivity index (χ0) is 11.6. The van der Waals surface area contributed by atoms with Gasteiger partial charge in [0.1, 0.15) is 10.2 Å². The molecule has 3 fully saturated rings. The molecule has 5 heteroatoms. The van der Waals surface area contributed by atoms with Gasteiger partial charge in [-0.15, -0.1) is 0 Å². The van der Waals surface area contributed by atoms with E-state index in [0.717, 1.165) is 25.9 Å². The molecule has 2 bridgehead atoms. The summed E-state index contributed by atoms with van der Waals surface area (Å²) in [5, 5.41) is 8.46. The van der Waals surface area contributed by atoms with Crippen LogP contribution in [0.1, 0.15) is 32.1 Å². The fourth-order valence-corrected chi connectivity index (χ4v) is 3.19. The summed E-state index contributed by atoms with van der Waals surface area (Å²) in [6.45, 7) is 1.16. The molecule has 2 saturated heterocycles. The number of halogens is 1. The number of carbonyl (C=O) groups is 1. The number of alkyl halides is 1. The molecule has 1 saturated carbocycles. The highest BCUT2D eigenvalue weighted by atomic mass is 127. The molecule has 2 aliphatic heterocycles. The molecule has 0 unspecified atom stereocenters. The fraction of sp³-hybridized carbons (Fsp3) is 0.909. The number of hydrogen-bond acceptors (Lipinski definition) is 3. The van der Waals surface area contributed by atoms with Crippen molar-refractivity contribution in [3.05, 3.63) is 0 Å². The number of aliphatic carboxylic acids is 1. The zero-order valence-corrected chi connectivity index (χ0v) is 11.4. The van der Waals surface area contributed by atoms with Gasteiger partial charge in [-0.05, 0) is 60.1 Å². The predicted octanol–water partition coefficient (Wildman–Crippen LogP) is 2.20. The van der Waals surface area contributed by atoms with Crippen molar-refractivity contribution in [1.82, 2.24) is 0 Å². The summed E-state index contributed by atoms with van der Waals surface area (Å²) >= 11 is 2.42. The van der Waals surface area contributed by atoms with Gasteiger partial charge >= 0.3 is 5.97 Å². The summed E-state index contributed by atoms with van der Waals surface area (Å²) in [5.41, 5.74) is 0.255. The molecule has 92 valence electrons. The molecule has 0 spiro atoms. The summed E-state index contributed by atoms with van der Waals surface area (Å²) in [4.78, 5) is 10.3. The monoisotopic (exact) mass is 340 g/mol. The van der Waals surface area contributed by atoms with Gasteiger partial charge in [0.2, 0.25) is 0 Å². The Morgan fingerprint density at radius 1 is 1.38 bits per heavy atom.